The molecular weight excluding hydrogens is 266 g/mol. The first-order valence-electron chi connectivity index (χ1n) is 6.19. The lowest BCUT2D eigenvalue weighted by Gasteiger charge is -2.19. The number of hydrogen-bond acceptors (Lipinski definition) is 5. The molecule has 0 bridgehead atoms. The van der Waals surface area contributed by atoms with Crippen LogP contribution in [-0.2, 0) is 6.54 Å². The van der Waals surface area contributed by atoms with Gasteiger partial charge in [-0.1, -0.05) is 18.7 Å². The third-order valence-electron chi connectivity index (χ3n) is 3.30. The minimum Gasteiger partial charge on any atom is -0.396 e. The van der Waals surface area contributed by atoms with Crippen molar-refractivity contribution in [2.45, 2.75) is 31.6 Å². The Balaban J connectivity index is 2.19. The van der Waals surface area contributed by atoms with Crippen molar-refractivity contribution in [3.63, 3.8) is 0 Å². The van der Waals surface area contributed by atoms with E-state index in [1.54, 1.807) is 6.92 Å². The maximum absolute atomic E-state index is 12.1. The van der Waals surface area contributed by atoms with E-state index >= 15 is 0 Å². The molecule has 19 heavy (non-hydrogen) atoms. The molecule has 2 unspecified atom stereocenters. The number of carbonyl (C=O) groups excluding carboxylic acids is 1. The number of rotatable bonds is 4. The number of aromatic nitrogens is 2. The van der Waals surface area contributed by atoms with Crippen LogP contribution >= 0.6 is 11.8 Å². The highest BCUT2D eigenvalue weighted by molar-refractivity contribution is 7.99. The Bertz CT molecular complexity index is 544. The highest BCUT2D eigenvalue weighted by Crippen LogP contribution is 2.20. The number of carbonyl (C=O) groups is 1. The number of hydrogen-bond donors (Lipinski definition) is 2. The second kappa shape index (κ2) is 5.75. The standard InChI is InChI=1S/C12H17N3O3S/c1-7(6-16)8(2)14-10(17)9-5-13-12-15(11(9)18)3-4-19-12/h5,7-8,16H,3-4,6H2,1-2H3,(H,14,17). The quantitative estimate of drug-likeness (QED) is 0.765. The van der Waals surface area contributed by atoms with Crippen LogP contribution in [0.4, 0.5) is 0 Å². The van der Waals surface area contributed by atoms with Gasteiger partial charge in [-0.15, -0.1) is 0 Å². The van der Waals surface area contributed by atoms with E-state index in [0.717, 1.165) is 5.75 Å². The fourth-order valence-electron chi connectivity index (χ4n) is 1.76. The van der Waals surface area contributed by atoms with Gasteiger partial charge in [-0.05, 0) is 12.8 Å². The molecule has 0 aromatic carbocycles. The Morgan fingerprint density at radius 2 is 2.37 bits per heavy atom. The molecule has 1 aliphatic rings. The molecule has 0 fully saturated rings. The highest BCUT2D eigenvalue weighted by atomic mass is 32.2. The van der Waals surface area contributed by atoms with Gasteiger partial charge in [0.1, 0.15) is 5.56 Å². The van der Waals surface area contributed by atoms with Gasteiger partial charge in [-0.25, -0.2) is 4.98 Å². The van der Waals surface area contributed by atoms with Gasteiger partial charge in [0.05, 0.1) is 0 Å². The van der Waals surface area contributed by atoms with Gasteiger partial charge in [0.2, 0.25) is 0 Å². The van der Waals surface area contributed by atoms with E-state index in [1.165, 1.54) is 22.5 Å². The molecule has 104 valence electrons. The molecule has 1 aromatic rings. The summed E-state index contributed by atoms with van der Waals surface area (Å²) < 4.78 is 1.53. The minimum atomic E-state index is -0.433. The molecule has 2 heterocycles. The van der Waals surface area contributed by atoms with Crippen molar-refractivity contribution >= 4 is 17.7 Å². The lowest BCUT2D eigenvalue weighted by Crippen LogP contribution is -2.41. The van der Waals surface area contributed by atoms with E-state index < -0.39 is 5.91 Å². The van der Waals surface area contributed by atoms with Crippen molar-refractivity contribution in [2.24, 2.45) is 5.92 Å². The van der Waals surface area contributed by atoms with Gasteiger partial charge in [0.15, 0.2) is 5.16 Å². The molecule has 0 aliphatic carbocycles. The second-order valence-corrected chi connectivity index (χ2v) is 5.74. The molecule has 6 nitrogen and oxygen atoms in total. The summed E-state index contributed by atoms with van der Waals surface area (Å²) in [5.74, 6) is 0.313. The topological polar surface area (TPSA) is 84.2 Å². The first-order valence-corrected chi connectivity index (χ1v) is 7.17. The Kier molecular flexibility index (Phi) is 4.26. The fraction of sp³-hybridized carbons (Fsp3) is 0.583. The average Bonchev–Trinajstić information content (AvgIpc) is 2.87. The molecule has 0 radical (unpaired) electrons. The zero-order chi connectivity index (χ0) is 14.0. The number of aliphatic hydroxyl groups is 1. The van der Waals surface area contributed by atoms with Crippen LogP contribution in [0.15, 0.2) is 16.1 Å². The maximum atomic E-state index is 12.1. The van der Waals surface area contributed by atoms with Gasteiger partial charge in [0, 0.05) is 31.1 Å². The summed E-state index contributed by atoms with van der Waals surface area (Å²) in [4.78, 5) is 28.3. The number of thioether (sulfide) groups is 1. The Labute approximate surface area is 115 Å². The summed E-state index contributed by atoms with van der Waals surface area (Å²) in [5.41, 5.74) is -0.236. The van der Waals surface area contributed by atoms with E-state index in [-0.39, 0.29) is 29.7 Å². The number of aliphatic hydroxyl groups excluding tert-OH is 1. The lowest BCUT2D eigenvalue weighted by atomic mass is 10.0. The smallest absolute Gasteiger partial charge is 0.267 e. The molecule has 7 heteroatoms. The summed E-state index contributed by atoms with van der Waals surface area (Å²) in [7, 11) is 0. The Hall–Kier alpha value is -1.34. The largest absolute Gasteiger partial charge is 0.396 e. The fourth-order valence-corrected chi connectivity index (χ4v) is 2.67. The number of fused-ring (bicyclic) bond motifs is 1. The van der Waals surface area contributed by atoms with E-state index in [2.05, 4.69) is 10.3 Å². The SMILES string of the molecule is CC(CO)C(C)NC(=O)c1cnc2n(c1=O)CCS2. The van der Waals surface area contributed by atoms with E-state index in [0.29, 0.717) is 11.7 Å². The van der Waals surface area contributed by atoms with Crippen molar-refractivity contribution in [2.75, 3.05) is 12.4 Å². The van der Waals surface area contributed by atoms with Crippen molar-refractivity contribution in [1.29, 1.82) is 0 Å². The number of amides is 1. The van der Waals surface area contributed by atoms with E-state index in [4.69, 9.17) is 5.11 Å². The van der Waals surface area contributed by atoms with E-state index in [1.807, 2.05) is 6.92 Å². The molecule has 0 saturated carbocycles. The summed E-state index contributed by atoms with van der Waals surface area (Å²) in [6, 6.07) is -0.204. The zero-order valence-electron chi connectivity index (χ0n) is 10.9. The Morgan fingerprint density at radius 1 is 1.63 bits per heavy atom. The molecule has 2 N–H and O–H groups in total. The number of nitrogens with zero attached hydrogens (tertiary/aromatic N) is 2. The number of nitrogens with one attached hydrogen (secondary N) is 1. The third-order valence-corrected chi connectivity index (χ3v) is 4.27. The average molecular weight is 283 g/mol. The van der Waals surface area contributed by atoms with Crippen molar-refractivity contribution in [3.05, 3.63) is 22.1 Å². The normalized spacial score (nSPS) is 16.8. The zero-order valence-corrected chi connectivity index (χ0v) is 11.7. The maximum Gasteiger partial charge on any atom is 0.267 e. The first-order chi connectivity index (χ1) is 9.04. The van der Waals surface area contributed by atoms with Crippen LogP contribution in [0.25, 0.3) is 0 Å². The Morgan fingerprint density at radius 3 is 3.05 bits per heavy atom. The molecule has 2 rings (SSSR count). The van der Waals surface area contributed by atoms with Crippen LogP contribution in [0.3, 0.4) is 0 Å². The predicted molar refractivity (Wildman–Crippen MR) is 72.4 cm³/mol. The minimum absolute atomic E-state index is 0.0144. The van der Waals surface area contributed by atoms with Crippen molar-refractivity contribution < 1.29 is 9.90 Å². The van der Waals surface area contributed by atoms with Crippen LogP contribution in [0, 0.1) is 5.92 Å². The van der Waals surface area contributed by atoms with Crippen molar-refractivity contribution in [3.8, 4) is 0 Å². The van der Waals surface area contributed by atoms with Crippen LogP contribution in [-0.4, -0.2) is 39.0 Å². The van der Waals surface area contributed by atoms with Crippen molar-refractivity contribution in [1.82, 2.24) is 14.9 Å². The van der Waals surface area contributed by atoms with Gasteiger partial charge in [-0.3, -0.25) is 14.2 Å². The van der Waals surface area contributed by atoms with Gasteiger partial charge in [-0.2, -0.15) is 0 Å². The third kappa shape index (κ3) is 2.82. The molecular formula is C12H17N3O3S. The van der Waals surface area contributed by atoms with Gasteiger partial charge >= 0.3 is 0 Å². The second-order valence-electron chi connectivity index (χ2n) is 4.68. The summed E-state index contributed by atoms with van der Waals surface area (Å²) in [6.45, 7) is 4.21. The van der Waals surface area contributed by atoms with Gasteiger partial charge < -0.3 is 10.4 Å². The van der Waals surface area contributed by atoms with Crippen LogP contribution < -0.4 is 10.9 Å². The molecule has 1 aliphatic heterocycles. The molecule has 1 aromatic heterocycles. The monoisotopic (exact) mass is 283 g/mol. The lowest BCUT2D eigenvalue weighted by molar-refractivity contribution is 0.0913. The molecule has 1 amide bonds. The van der Waals surface area contributed by atoms with Crippen LogP contribution in [0.1, 0.15) is 24.2 Å². The summed E-state index contributed by atoms with van der Waals surface area (Å²) in [5, 5.41) is 12.4. The summed E-state index contributed by atoms with van der Waals surface area (Å²) >= 11 is 1.51. The van der Waals surface area contributed by atoms with Gasteiger partial charge in [0.25, 0.3) is 11.5 Å². The van der Waals surface area contributed by atoms with E-state index in [9.17, 15) is 9.59 Å². The molecule has 0 spiro atoms. The molecule has 2 atom stereocenters. The van der Waals surface area contributed by atoms with Crippen LogP contribution in [0.2, 0.25) is 0 Å². The summed E-state index contributed by atoms with van der Waals surface area (Å²) in [6.07, 6.45) is 1.33. The highest BCUT2D eigenvalue weighted by Gasteiger charge is 2.22. The van der Waals surface area contributed by atoms with Crippen LogP contribution in [0.5, 0.6) is 0 Å². The predicted octanol–water partition coefficient (Wildman–Crippen LogP) is 0.0957. The molecule has 0 saturated heterocycles. The first kappa shape index (κ1) is 14.1.